The molecule has 52 valence electrons. The summed E-state index contributed by atoms with van der Waals surface area (Å²) >= 11 is 0. The zero-order valence-electron chi connectivity index (χ0n) is 4.91. The van der Waals surface area contributed by atoms with Gasteiger partial charge in [0, 0.05) is 6.20 Å². The highest BCUT2D eigenvalue weighted by Crippen LogP contribution is 1.94. The second-order valence-corrected chi connectivity index (χ2v) is 1.48. The number of hydrogen-bond donors (Lipinski definition) is 0. The molecule has 1 aromatic rings. The molecule has 0 aliphatic carbocycles. The van der Waals surface area contributed by atoms with Crippen LogP contribution in [0.15, 0.2) is 18.3 Å². The minimum absolute atomic E-state index is 0. The molecule has 0 fully saturated rings. The summed E-state index contributed by atoms with van der Waals surface area (Å²) in [6.07, 6.45) is 1.19. The second kappa shape index (κ2) is 3.80. The van der Waals surface area contributed by atoms with Crippen molar-refractivity contribution in [3.8, 4) is 6.07 Å². The van der Waals surface area contributed by atoms with Crippen LogP contribution in [-0.4, -0.2) is 4.98 Å². The molecule has 0 bridgehead atoms. The molecule has 0 spiro atoms. The van der Waals surface area contributed by atoms with Crippen molar-refractivity contribution in [1.82, 2.24) is 4.98 Å². The number of aromatic nitrogens is 1. The topological polar surface area (TPSA) is 36.7 Å². The van der Waals surface area contributed by atoms with Gasteiger partial charge in [-0.05, 0) is 12.1 Å². The Hall–Kier alpha value is -1.14. The lowest BCUT2D eigenvalue weighted by Crippen LogP contribution is -1.80. The van der Waals surface area contributed by atoms with Crippen molar-refractivity contribution in [2.45, 2.75) is 0 Å². The second-order valence-electron chi connectivity index (χ2n) is 1.48. The Morgan fingerprint density at radius 2 is 2.20 bits per heavy atom. The van der Waals surface area contributed by atoms with E-state index in [9.17, 15) is 4.39 Å². The highest BCUT2D eigenvalue weighted by atomic mass is 35.5. The van der Waals surface area contributed by atoms with Gasteiger partial charge in [0.2, 0.25) is 5.95 Å². The molecule has 0 saturated carbocycles. The van der Waals surface area contributed by atoms with Gasteiger partial charge in [0.25, 0.3) is 0 Å². The Kier molecular flexibility index (Phi) is 3.37. The first-order chi connectivity index (χ1) is 4.33. The number of rotatable bonds is 0. The fourth-order valence-corrected chi connectivity index (χ4v) is 0.442. The normalized spacial score (nSPS) is 7.60. The van der Waals surface area contributed by atoms with E-state index in [0.29, 0.717) is 5.56 Å². The van der Waals surface area contributed by atoms with Gasteiger partial charge in [0.1, 0.15) is 6.07 Å². The van der Waals surface area contributed by atoms with Gasteiger partial charge in [-0.1, -0.05) is 0 Å². The van der Waals surface area contributed by atoms with E-state index in [1.807, 2.05) is 6.07 Å². The molecule has 0 amide bonds. The number of nitrogens with zero attached hydrogens (tertiary/aromatic N) is 2. The molecule has 0 aromatic carbocycles. The Bertz CT molecular complexity index is 239. The summed E-state index contributed by atoms with van der Waals surface area (Å²) in [5.41, 5.74) is 0.372. The van der Waals surface area contributed by atoms with Crippen molar-refractivity contribution in [3.05, 3.63) is 29.8 Å². The zero-order valence-corrected chi connectivity index (χ0v) is 5.73. The lowest BCUT2D eigenvalue weighted by atomic mass is 10.3. The molecule has 1 heterocycles. The third kappa shape index (κ3) is 2.00. The van der Waals surface area contributed by atoms with Crippen molar-refractivity contribution in [2.75, 3.05) is 0 Å². The maximum atomic E-state index is 12.0. The summed E-state index contributed by atoms with van der Waals surface area (Å²) in [5.74, 6) is -0.561. The van der Waals surface area contributed by atoms with Crippen LogP contribution in [0.2, 0.25) is 0 Å². The van der Waals surface area contributed by atoms with Gasteiger partial charge in [0.05, 0.1) is 5.56 Å². The predicted molar refractivity (Wildman–Crippen MR) is 36.2 cm³/mol. The van der Waals surface area contributed by atoms with Crippen LogP contribution in [0.5, 0.6) is 0 Å². The highest BCUT2D eigenvalue weighted by Gasteiger charge is 1.89. The first kappa shape index (κ1) is 8.86. The van der Waals surface area contributed by atoms with Crippen LogP contribution in [0.3, 0.4) is 0 Å². The third-order valence-corrected chi connectivity index (χ3v) is 0.856. The maximum absolute atomic E-state index is 12.0. The van der Waals surface area contributed by atoms with Crippen LogP contribution in [0.4, 0.5) is 4.39 Å². The minimum Gasteiger partial charge on any atom is -0.227 e. The first-order valence-electron chi connectivity index (χ1n) is 2.34. The summed E-state index contributed by atoms with van der Waals surface area (Å²) in [5, 5.41) is 8.22. The molecule has 0 saturated heterocycles. The first-order valence-corrected chi connectivity index (χ1v) is 2.34. The Morgan fingerprint density at radius 1 is 1.50 bits per heavy atom. The highest BCUT2D eigenvalue weighted by molar-refractivity contribution is 5.85. The van der Waals surface area contributed by atoms with Crippen LogP contribution < -0.4 is 0 Å². The van der Waals surface area contributed by atoms with Gasteiger partial charge >= 0.3 is 0 Å². The van der Waals surface area contributed by atoms with Gasteiger partial charge in [-0.2, -0.15) is 9.65 Å². The van der Waals surface area contributed by atoms with E-state index in [4.69, 9.17) is 5.26 Å². The van der Waals surface area contributed by atoms with Gasteiger partial charge in [0.15, 0.2) is 0 Å². The average molecular weight is 159 g/mol. The molecule has 0 unspecified atom stereocenters. The molecule has 10 heavy (non-hydrogen) atoms. The largest absolute Gasteiger partial charge is 0.227 e. The SMILES string of the molecule is Cl.N#Cc1ccc(F)nc1. The number of nitriles is 1. The summed E-state index contributed by atoms with van der Waals surface area (Å²) in [6.45, 7) is 0. The molecule has 0 radical (unpaired) electrons. The Morgan fingerprint density at radius 3 is 2.60 bits per heavy atom. The maximum Gasteiger partial charge on any atom is 0.212 e. The number of hydrogen-bond acceptors (Lipinski definition) is 2. The van der Waals surface area contributed by atoms with E-state index in [2.05, 4.69) is 4.98 Å². The quantitative estimate of drug-likeness (QED) is 0.537. The van der Waals surface area contributed by atoms with E-state index in [1.165, 1.54) is 12.3 Å². The van der Waals surface area contributed by atoms with E-state index in [1.54, 1.807) is 0 Å². The van der Waals surface area contributed by atoms with Gasteiger partial charge in [-0.25, -0.2) is 4.98 Å². The molecule has 1 rings (SSSR count). The van der Waals surface area contributed by atoms with Gasteiger partial charge in [-0.3, -0.25) is 0 Å². The lowest BCUT2D eigenvalue weighted by Gasteiger charge is -1.84. The monoisotopic (exact) mass is 158 g/mol. The van der Waals surface area contributed by atoms with Gasteiger partial charge in [-0.15, -0.1) is 12.4 Å². The number of halogens is 2. The summed E-state index contributed by atoms with van der Waals surface area (Å²) in [4.78, 5) is 3.26. The van der Waals surface area contributed by atoms with Crippen molar-refractivity contribution < 1.29 is 4.39 Å². The van der Waals surface area contributed by atoms with Crippen molar-refractivity contribution >= 4 is 12.4 Å². The molecule has 2 nitrogen and oxygen atoms in total. The molecule has 0 N–H and O–H groups in total. The molecule has 0 atom stereocenters. The fraction of sp³-hybridized carbons (Fsp3) is 0. The molecule has 0 aliphatic rings. The molecule has 1 aromatic heterocycles. The van der Waals surface area contributed by atoms with Crippen molar-refractivity contribution in [3.63, 3.8) is 0 Å². The standard InChI is InChI=1S/C6H3FN2.ClH/c7-6-2-1-5(3-8)4-9-6;/h1-2,4H;1H. The zero-order chi connectivity index (χ0) is 6.69. The summed E-state index contributed by atoms with van der Waals surface area (Å²) < 4.78 is 12.0. The van der Waals surface area contributed by atoms with Crippen LogP contribution in [0, 0.1) is 17.3 Å². The van der Waals surface area contributed by atoms with Crippen LogP contribution >= 0.6 is 12.4 Å². The van der Waals surface area contributed by atoms with E-state index >= 15 is 0 Å². The van der Waals surface area contributed by atoms with Crippen LogP contribution in [0.25, 0.3) is 0 Å². The predicted octanol–water partition coefficient (Wildman–Crippen LogP) is 1.51. The van der Waals surface area contributed by atoms with E-state index in [-0.39, 0.29) is 12.4 Å². The summed E-state index contributed by atoms with van der Waals surface area (Å²) in [7, 11) is 0. The minimum atomic E-state index is -0.561. The summed E-state index contributed by atoms with van der Waals surface area (Å²) in [6, 6.07) is 4.35. The van der Waals surface area contributed by atoms with Crippen molar-refractivity contribution in [2.24, 2.45) is 0 Å². The van der Waals surface area contributed by atoms with E-state index in [0.717, 1.165) is 6.07 Å². The molecular formula is C6H4ClFN2. The van der Waals surface area contributed by atoms with Gasteiger partial charge < -0.3 is 0 Å². The molecular weight excluding hydrogens is 155 g/mol. The molecule has 0 aliphatic heterocycles. The van der Waals surface area contributed by atoms with E-state index < -0.39 is 5.95 Å². The van der Waals surface area contributed by atoms with Crippen molar-refractivity contribution in [1.29, 1.82) is 5.26 Å². The van der Waals surface area contributed by atoms with Crippen LogP contribution in [0.1, 0.15) is 5.56 Å². The Balaban J connectivity index is 0.000000810. The lowest BCUT2D eigenvalue weighted by molar-refractivity contribution is 0.583. The smallest absolute Gasteiger partial charge is 0.212 e. The number of pyridine rings is 1. The average Bonchev–Trinajstić information content (AvgIpc) is 1.90. The third-order valence-electron chi connectivity index (χ3n) is 0.856. The molecule has 4 heteroatoms. The van der Waals surface area contributed by atoms with Crippen LogP contribution in [-0.2, 0) is 0 Å². The Labute approximate surface area is 63.7 Å². The fourth-order valence-electron chi connectivity index (χ4n) is 0.442.